The quantitative estimate of drug-likeness (QED) is 0.540. The normalized spacial score (nSPS) is 15.8. The van der Waals surface area contributed by atoms with Crippen molar-refractivity contribution in [2.24, 2.45) is 4.99 Å². The fraction of sp³-hybridized carbons (Fsp3) is 0.125. The largest absolute Gasteiger partial charge is 0.418 e. The molecule has 0 saturated heterocycles. The first-order chi connectivity index (χ1) is 16.2. The van der Waals surface area contributed by atoms with E-state index in [2.05, 4.69) is 10.3 Å². The minimum Gasteiger partial charge on any atom is -0.311 e. The second-order valence-electron chi connectivity index (χ2n) is 7.42. The molecule has 0 bridgehead atoms. The lowest BCUT2D eigenvalue weighted by atomic mass is 10.0. The van der Waals surface area contributed by atoms with Crippen molar-refractivity contribution < 1.29 is 27.2 Å². The van der Waals surface area contributed by atoms with Gasteiger partial charge in [-0.1, -0.05) is 54.6 Å². The molecule has 6 nitrogen and oxygen atoms in total. The fourth-order valence-electron chi connectivity index (χ4n) is 3.60. The summed E-state index contributed by atoms with van der Waals surface area (Å²) in [5, 5.41) is 4.14. The van der Waals surface area contributed by atoms with Crippen molar-refractivity contribution in [3.05, 3.63) is 95.3 Å². The zero-order chi connectivity index (χ0) is 24.5. The standard InChI is InChI=1S/C24H18F4N4O2/c1-32-18-13-6-5-10-15(18)19(14-8-3-2-4-9-14)29-21(22(32)33)31-23(34)30-20-16(24(26,27)28)11-7-12-17(20)25/h2-13,21H,1H3,(H2,30,31,34)/t21-/m1/s1. The summed E-state index contributed by atoms with van der Waals surface area (Å²) in [6.45, 7) is 0. The Hall–Kier alpha value is -4.21. The number of benzodiazepines with no additional fused rings is 1. The van der Waals surface area contributed by atoms with Crippen molar-refractivity contribution in [2.45, 2.75) is 12.3 Å². The Bertz CT molecular complexity index is 1280. The predicted octanol–water partition coefficient (Wildman–Crippen LogP) is 4.81. The number of nitrogens with zero attached hydrogens (tertiary/aromatic N) is 2. The van der Waals surface area contributed by atoms with Crippen molar-refractivity contribution in [1.82, 2.24) is 5.32 Å². The van der Waals surface area contributed by atoms with E-state index in [4.69, 9.17) is 0 Å². The fourth-order valence-corrected chi connectivity index (χ4v) is 3.60. The average molecular weight is 470 g/mol. The third-order valence-electron chi connectivity index (χ3n) is 5.22. The van der Waals surface area contributed by atoms with Crippen LogP contribution in [0.25, 0.3) is 0 Å². The first kappa shape index (κ1) is 23.0. The first-order valence-electron chi connectivity index (χ1n) is 10.1. The number of nitrogens with one attached hydrogen (secondary N) is 2. The lowest BCUT2D eigenvalue weighted by Gasteiger charge is -2.21. The van der Waals surface area contributed by atoms with E-state index in [1.807, 2.05) is 5.32 Å². The van der Waals surface area contributed by atoms with Gasteiger partial charge in [-0.3, -0.25) is 4.79 Å². The molecule has 34 heavy (non-hydrogen) atoms. The smallest absolute Gasteiger partial charge is 0.311 e. The Morgan fingerprint density at radius 3 is 2.35 bits per heavy atom. The second-order valence-corrected chi connectivity index (χ2v) is 7.42. The topological polar surface area (TPSA) is 73.8 Å². The van der Waals surface area contributed by atoms with E-state index in [0.717, 1.165) is 12.1 Å². The maximum absolute atomic E-state index is 14.1. The number of hydrogen-bond acceptors (Lipinski definition) is 3. The molecule has 0 radical (unpaired) electrons. The van der Waals surface area contributed by atoms with Gasteiger partial charge in [-0.25, -0.2) is 14.2 Å². The molecule has 4 rings (SSSR count). The number of fused-ring (bicyclic) bond motifs is 1. The Labute approximate surface area is 191 Å². The Kier molecular flexibility index (Phi) is 6.06. The first-order valence-corrected chi connectivity index (χ1v) is 10.1. The van der Waals surface area contributed by atoms with Gasteiger partial charge in [0.25, 0.3) is 5.91 Å². The van der Waals surface area contributed by atoms with Crippen molar-refractivity contribution in [3.63, 3.8) is 0 Å². The zero-order valence-corrected chi connectivity index (χ0v) is 17.7. The van der Waals surface area contributed by atoms with Crippen LogP contribution in [0.2, 0.25) is 0 Å². The number of benzene rings is 3. The number of halogens is 4. The van der Waals surface area contributed by atoms with Gasteiger partial charge in [0, 0.05) is 18.2 Å². The number of anilines is 2. The third kappa shape index (κ3) is 4.47. The van der Waals surface area contributed by atoms with Crippen LogP contribution in [0.5, 0.6) is 0 Å². The molecular weight excluding hydrogens is 452 g/mol. The lowest BCUT2D eigenvalue weighted by Crippen LogP contribution is -2.47. The van der Waals surface area contributed by atoms with E-state index in [-0.39, 0.29) is 0 Å². The van der Waals surface area contributed by atoms with Gasteiger partial charge < -0.3 is 15.5 Å². The number of urea groups is 1. The van der Waals surface area contributed by atoms with E-state index < -0.39 is 41.3 Å². The summed E-state index contributed by atoms with van der Waals surface area (Å²) >= 11 is 0. The maximum atomic E-state index is 14.1. The maximum Gasteiger partial charge on any atom is 0.418 e. The molecular formula is C24H18F4N4O2. The van der Waals surface area contributed by atoms with E-state index in [1.165, 1.54) is 11.9 Å². The highest BCUT2D eigenvalue weighted by molar-refractivity contribution is 6.20. The highest BCUT2D eigenvalue weighted by Gasteiger charge is 2.36. The number of hydrogen-bond donors (Lipinski definition) is 2. The summed E-state index contributed by atoms with van der Waals surface area (Å²) in [5.74, 6) is -1.90. The molecule has 0 fully saturated rings. The van der Waals surface area contributed by atoms with Crippen molar-refractivity contribution in [3.8, 4) is 0 Å². The Morgan fingerprint density at radius 1 is 0.971 bits per heavy atom. The van der Waals surface area contributed by atoms with Crippen LogP contribution in [0.3, 0.4) is 0 Å². The van der Waals surface area contributed by atoms with Crippen LogP contribution < -0.4 is 15.5 Å². The molecule has 174 valence electrons. The zero-order valence-electron chi connectivity index (χ0n) is 17.7. The van der Waals surface area contributed by atoms with Crippen LogP contribution in [0.15, 0.2) is 77.8 Å². The van der Waals surface area contributed by atoms with Crippen LogP contribution >= 0.6 is 0 Å². The number of para-hydroxylation sites is 2. The average Bonchev–Trinajstić information content (AvgIpc) is 2.91. The molecule has 1 aliphatic rings. The van der Waals surface area contributed by atoms with Crippen molar-refractivity contribution >= 4 is 29.0 Å². The molecule has 3 aromatic carbocycles. The number of amides is 3. The van der Waals surface area contributed by atoms with Gasteiger partial charge in [-0.15, -0.1) is 0 Å². The van der Waals surface area contributed by atoms with Gasteiger partial charge in [-0.05, 0) is 18.2 Å². The van der Waals surface area contributed by atoms with Crippen LogP contribution in [-0.2, 0) is 11.0 Å². The summed E-state index contributed by atoms with van der Waals surface area (Å²) in [6.07, 6.45) is -6.38. The lowest BCUT2D eigenvalue weighted by molar-refractivity contribution is -0.137. The van der Waals surface area contributed by atoms with Crippen molar-refractivity contribution in [1.29, 1.82) is 0 Å². The highest BCUT2D eigenvalue weighted by atomic mass is 19.4. The van der Waals surface area contributed by atoms with Gasteiger partial charge in [-0.2, -0.15) is 13.2 Å². The monoisotopic (exact) mass is 470 g/mol. The number of carbonyl (C=O) groups excluding carboxylic acids is 2. The van der Waals surface area contributed by atoms with E-state index in [9.17, 15) is 27.2 Å². The van der Waals surface area contributed by atoms with E-state index in [0.29, 0.717) is 28.6 Å². The number of rotatable bonds is 3. The van der Waals surface area contributed by atoms with E-state index >= 15 is 0 Å². The Morgan fingerprint density at radius 2 is 1.65 bits per heavy atom. The van der Waals surface area contributed by atoms with Crippen LogP contribution in [0.4, 0.5) is 33.7 Å². The summed E-state index contributed by atoms with van der Waals surface area (Å²) in [5.41, 5.74) is -0.166. The van der Waals surface area contributed by atoms with Crippen molar-refractivity contribution in [2.75, 3.05) is 17.3 Å². The summed E-state index contributed by atoms with van der Waals surface area (Å²) in [7, 11) is 1.50. The molecule has 1 heterocycles. The third-order valence-corrected chi connectivity index (χ3v) is 5.22. The van der Waals surface area contributed by atoms with E-state index in [1.54, 1.807) is 54.6 Å². The SMILES string of the molecule is CN1C(=O)[C@@H](NC(=O)Nc2c(F)cccc2C(F)(F)F)N=C(c2ccccc2)c2ccccc21. The molecule has 0 unspecified atom stereocenters. The molecule has 0 saturated carbocycles. The second kappa shape index (κ2) is 8.97. The summed E-state index contributed by atoms with van der Waals surface area (Å²) in [4.78, 5) is 31.4. The van der Waals surface area contributed by atoms with Gasteiger partial charge in [0.15, 0.2) is 0 Å². The molecule has 0 aliphatic carbocycles. The van der Waals surface area contributed by atoms with Crippen LogP contribution in [-0.4, -0.2) is 30.9 Å². The minimum atomic E-state index is -4.90. The van der Waals surface area contributed by atoms with Crippen LogP contribution in [0.1, 0.15) is 16.7 Å². The molecule has 2 N–H and O–H groups in total. The number of aliphatic imine (C=N–C) groups is 1. The number of alkyl halides is 3. The molecule has 3 amide bonds. The number of carbonyl (C=O) groups is 2. The molecule has 10 heteroatoms. The summed E-state index contributed by atoms with van der Waals surface area (Å²) < 4.78 is 54.0. The molecule has 1 aliphatic heterocycles. The van der Waals surface area contributed by atoms with Crippen LogP contribution in [0, 0.1) is 5.82 Å². The number of likely N-dealkylation sites (N-methyl/N-ethyl adjacent to an activating group) is 1. The molecule has 0 spiro atoms. The molecule has 3 aromatic rings. The van der Waals surface area contributed by atoms with Gasteiger partial charge in [0.2, 0.25) is 6.17 Å². The highest BCUT2D eigenvalue weighted by Crippen LogP contribution is 2.36. The van der Waals surface area contributed by atoms with Gasteiger partial charge >= 0.3 is 12.2 Å². The van der Waals surface area contributed by atoms with Gasteiger partial charge in [0.05, 0.1) is 22.6 Å². The molecule has 0 aromatic heterocycles. The Balaban J connectivity index is 1.70. The molecule has 1 atom stereocenters. The minimum absolute atomic E-state index is 0.404. The predicted molar refractivity (Wildman–Crippen MR) is 119 cm³/mol. The van der Waals surface area contributed by atoms with Gasteiger partial charge in [0.1, 0.15) is 5.82 Å². The summed E-state index contributed by atoms with van der Waals surface area (Å²) in [6, 6.07) is 17.0.